The second kappa shape index (κ2) is 8.85. The van der Waals surface area contributed by atoms with Gasteiger partial charge in [0, 0.05) is 18.8 Å². The number of nitrogens with one attached hydrogen (secondary N) is 1. The fourth-order valence-electron chi connectivity index (χ4n) is 2.15. The molecule has 0 aliphatic carbocycles. The van der Waals surface area contributed by atoms with Gasteiger partial charge in [0.05, 0.1) is 6.54 Å². The zero-order valence-corrected chi connectivity index (χ0v) is 14.6. The van der Waals surface area contributed by atoms with Crippen molar-refractivity contribution < 1.29 is 5.11 Å². The largest absolute Gasteiger partial charge is 0.494 e. The topological polar surface area (TPSA) is 73.6 Å². The van der Waals surface area contributed by atoms with Crippen LogP contribution < -0.4 is 5.56 Å². The first-order chi connectivity index (χ1) is 10.5. The maximum atomic E-state index is 12.0. The van der Waals surface area contributed by atoms with E-state index < -0.39 is 5.56 Å². The number of aromatic nitrogens is 2. The lowest BCUT2D eigenvalue weighted by atomic mass is 10.2. The second-order valence-corrected chi connectivity index (χ2v) is 5.57. The molecule has 0 aliphatic rings. The molecule has 6 nitrogen and oxygen atoms in total. The van der Waals surface area contributed by atoms with Gasteiger partial charge in [0.25, 0.3) is 5.56 Å². The summed E-state index contributed by atoms with van der Waals surface area (Å²) >= 11 is 5.13. The summed E-state index contributed by atoms with van der Waals surface area (Å²) in [7, 11) is 0. The van der Waals surface area contributed by atoms with E-state index in [9.17, 15) is 9.90 Å². The molecular weight excluding hydrogens is 300 g/mol. The van der Waals surface area contributed by atoms with Crippen molar-refractivity contribution in [1.82, 2.24) is 14.5 Å². The first-order valence-corrected chi connectivity index (χ1v) is 8.16. The summed E-state index contributed by atoms with van der Waals surface area (Å²) in [5.41, 5.74) is -0.248. The maximum absolute atomic E-state index is 12.0. The van der Waals surface area contributed by atoms with Crippen molar-refractivity contribution in [1.29, 1.82) is 0 Å². The van der Waals surface area contributed by atoms with E-state index in [0.29, 0.717) is 6.54 Å². The van der Waals surface area contributed by atoms with Crippen LogP contribution >= 0.6 is 12.2 Å². The van der Waals surface area contributed by atoms with Crippen molar-refractivity contribution in [2.75, 3.05) is 26.2 Å². The Hall–Kier alpha value is -1.47. The molecule has 0 radical (unpaired) electrons. The van der Waals surface area contributed by atoms with Gasteiger partial charge >= 0.3 is 0 Å². The summed E-state index contributed by atoms with van der Waals surface area (Å²) in [5.74, 6) is -0.116. The quantitative estimate of drug-likeness (QED) is 0.568. The van der Waals surface area contributed by atoms with Gasteiger partial charge < -0.3 is 10.0 Å². The van der Waals surface area contributed by atoms with Crippen LogP contribution in [0.5, 0.6) is 5.88 Å². The lowest BCUT2D eigenvalue weighted by Gasteiger charge is -2.17. The Morgan fingerprint density at radius 3 is 2.59 bits per heavy atom. The van der Waals surface area contributed by atoms with Gasteiger partial charge in [-0.15, -0.1) is 0 Å². The number of rotatable bonds is 8. The molecule has 0 amide bonds. The molecule has 2 N–H and O–H groups in total. The monoisotopic (exact) mass is 326 g/mol. The van der Waals surface area contributed by atoms with E-state index in [1.165, 1.54) is 6.21 Å². The molecule has 0 saturated heterocycles. The van der Waals surface area contributed by atoms with E-state index in [0.717, 1.165) is 26.1 Å². The average molecular weight is 326 g/mol. The van der Waals surface area contributed by atoms with Gasteiger partial charge in [0.2, 0.25) is 5.88 Å². The Balaban J connectivity index is 3.00. The minimum absolute atomic E-state index is 0.00664. The molecule has 1 rings (SSSR count). The molecule has 0 bridgehead atoms. The summed E-state index contributed by atoms with van der Waals surface area (Å²) < 4.78 is 1.79. The Bertz CT molecular complexity index is 617. The molecular formula is C15H26N4O2S. The molecule has 0 unspecified atom stereocenters. The van der Waals surface area contributed by atoms with Gasteiger partial charge in [0.15, 0.2) is 4.77 Å². The van der Waals surface area contributed by atoms with Crippen molar-refractivity contribution in [3.63, 3.8) is 0 Å². The summed E-state index contributed by atoms with van der Waals surface area (Å²) in [6, 6.07) is 0.00664. The normalized spacial score (nSPS) is 13.1. The number of nitrogens with zero attached hydrogens (tertiary/aromatic N) is 3. The van der Waals surface area contributed by atoms with Crippen molar-refractivity contribution >= 4 is 18.4 Å². The molecule has 0 aromatic carbocycles. The van der Waals surface area contributed by atoms with Crippen LogP contribution in [0.3, 0.4) is 0 Å². The first-order valence-electron chi connectivity index (χ1n) is 7.76. The van der Waals surface area contributed by atoms with Gasteiger partial charge in [-0.1, -0.05) is 20.8 Å². The van der Waals surface area contributed by atoms with Crippen LogP contribution in [0.4, 0.5) is 0 Å². The predicted octanol–water partition coefficient (Wildman–Crippen LogP) is 2.34. The minimum atomic E-state index is -0.409. The number of hydrogen-bond acceptors (Lipinski definition) is 5. The Morgan fingerprint density at radius 2 is 2.05 bits per heavy atom. The molecule has 124 valence electrons. The lowest BCUT2D eigenvalue weighted by molar-refractivity contribution is 0.313. The number of aromatic hydroxyl groups is 1. The predicted molar refractivity (Wildman–Crippen MR) is 92.8 cm³/mol. The van der Waals surface area contributed by atoms with Gasteiger partial charge in [-0.2, -0.15) is 0 Å². The third kappa shape index (κ3) is 4.51. The van der Waals surface area contributed by atoms with Crippen LogP contribution in [0, 0.1) is 4.77 Å². The molecule has 0 saturated carbocycles. The summed E-state index contributed by atoms with van der Waals surface area (Å²) in [4.78, 5) is 21.1. The van der Waals surface area contributed by atoms with Crippen LogP contribution in [0.1, 0.15) is 45.7 Å². The van der Waals surface area contributed by atoms with E-state index in [2.05, 4.69) is 28.7 Å². The summed E-state index contributed by atoms with van der Waals surface area (Å²) in [5, 5.41) is 10.3. The van der Waals surface area contributed by atoms with Gasteiger partial charge in [0.1, 0.15) is 5.56 Å². The summed E-state index contributed by atoms with van der Waals surface area (Å²) in [6.45, 7) is 11.5. The van der Waals surface area contributed by atoms with E-state index >= 15 is 0 Å². The van der Waals surface area contributed by atoms with E-state index in [1.54, 1.807) is 4.57 Å². The standard InChI is InChI=1S/C15H26N4O2S/c1-5-11(4)19-14(21)12(13(20)17-15(19)22)10-16-8-9-18(6-2)7-3/h10-11,21H,5-9H2,1-4H3,(H,17,20,22)/t11-/m1/s1. The maximum Gasteiger partial charge on any atom is 0.264 e. The average Bonchev–Trinajstić information content (AvgIpc) is 2.49. The van der Waals surface area contributed by atoms with E-state index in [4.69, 9.17) is 12.2 Å². The third-order valence-corrected chi connectivity index (χ3v) is 4.14. The van der Waals surface area contributed by atoms with Crippen molar-refractivity contribution in [3.05, 3.63) is 20.7 Å². The molecule has 22 heavy (non-hydrogen) atoms. The minimum Gasteiger partial charge on any atom is -0.494 e. The van der Waals surface area contributed by atoms with Crippen molar-refractivity contribution in [3.8, 4) is 5.88 Å². The first kappa shape index (κ1) is 18.6. The molecule has 7 heteroatoms. The van der Waals surface area contributed by atoms with Crippen LogP contribution in [0.2, 0.25) is 0 Å². The summed E-state index contributed by atoms with van der Waals surface area (Å²) in [6.07, 6.45) is 2.23. The SMILES string of the molecule is CC[C@@H](C)n1c(O)c(C=NCCN(CC)CC)c(=O)[nH]c1=S. The molecule has 0 fully saturated rings. The molecule has 0 aliphatic heterocycles. The number of aromatic amines is 1. The molecule has 1 aromatic rings. The van der Waals surface area contributed by atoms with Crippen molar-refractivity contribution in [2.45, 2.75) is 40.2 Å². The number of likely N-dealkylation sites (N-methyl/N-ethyl adjacent to an activating group) is 1. The Morgan fingerprint density at radius 1 is 1.41 bits per heavy atom. The Labute approximate surface area is 136 Å². The molecule has 0 spiro atoms. The second-order valence-electron chi connectivity index (χ2n) is 5.19. The number of H-pyrrole nitrogens is 1. The molecule has 1 heterocycles. The fraction of sp³-hybridized carbons (Fsp3) is 0.667. The fourth-order valence-corrected chi connectivity index (χ4v) is 2.51. The smallest absolute Gasteiger partial charge is 0.264 e. The van der Waals surface area contributed by atoms with Crippen LogP contribution in [-0.2, 0) is 0 Å². The van der Waals surface area contributed by atoms with Gasteiger partial charge in [-0.05, 0) is 38.7 Å². The molecule has 1 atom stereocenters. The van der Waals surface area contributed by atoms with Gasteiger partial charge in [-0.25, -0.2) is 0 Å². The van der Waals surface area contributed by atoms with E-state index in [-0.39, 0.29) is 22.3 Å². The van der Waals surface area contributed by atoms with Crippen molar-refractivity contribution in [2.24, 2.45) is 4.99 Å². The molecule has 1 aromatic heterocycles. The lowest BCUT2D eigenvalue weighted by Crippen LogP contribution is -2.26. The highest BCUT2D eigenvalue weighted by molar-refractivity contribution is 7.71. The van der Waals surface area contributed by atoms with Crippen LogP contribution in [0.25, 0.3) is 0 Å². The van der Waals surface area contributed by atoms with Gasteiger partial charge in [-0.3, -0.25) is 19.3 Å². The zero-order chi connectivity index (χ0) is 16.7. The number of aliphatic imine (C=N–C) groups is 1. The number of hydrogen-bond donors (Lipinski definition) is 2. The Kier molecular flexibility index (Phi) is 7.47. The highest BCUT2D eigenvalue weighted by Gasteiger charge is 2.14. The highest BCUT2D eigenvalue weighted by Crippen LogP contribution is 2.19. The third-order valence-electron chi connectivity index (χ3n) is 3.84. The zero-order valence-electron chi connectivity index (χ0n) is 13.8. The van der Waals surface area contributed by atoms with Crippen LogP contribution in [0.15, 0.2) is 9.79 Å². The van der Waals surface area contributed by atoms with E-state index in [1.807, 2.05) is 13.8 Å². The van der Waals surface area contributed by atoms with Crippen LogP contribution in [-0.4, -0.2) is 52.0 Å². The highest BCUT2D eigenvalue weighted by atomic mass is 32.1.